The van der Waals surface area contributed by atoms with Crippen molar-refractivity contribution in [2.24, 2.45) is 0 Å². The van der Waals surface area contributed by atoms with Crippen molar-refractivity contribution in [3.05, 3.63) is 84.4 Å². The van der Waals surface area contributed by atoms with Crippen LogP contribution in [0, 0.1) is 0 Å². The molecule has 2 aliphatic heterocycles. The molecule has 2 aliphatic rings. The first kappa shape index (κ1) is 25.9. The normalized spacial score (nSPS) is 17.4. The predicted molar refractivity (Wildman–Crippen MR) is 154 cm³/mol. The highest BCUT2D eigenvalue weighted by molar-refractivity contribution is 5.60. The molecule has 0 amide bonds. The van der Waals surface area contributed by atoms with Crippen LogP contribution in [0.15, 0.2) is 73.3 Å². The second kappa shape index (κ2) is 11.4. The monoisotopic (exact) mass is 539 g/mol. The van der Waals surface area contributed by atoms with E-state index in [9.17, 15) is 5.11 Å². The maximum atomic E-state index is 11.1. The summed E-state index contributed by atoms with van der Waals surface area (Å²) in [6, 6.07) is 17.8. The molecule has 0 radical (unpaired) electrons. The molecule has 1 atom stereocenters. The van der Waals surface area contributed by atoms with Crippen LogP contribution in [0.3, 0.4) is 0 Å². The minimum atomic E-state index is -1.16. The van der Waals surface area contributed by atoms with Gasteiger partial charge in [-0.3, -0.25) is 0 Å². The largest absolute Gasteiger partial charge is 0.381 e. The average Bonchev–Trinajstić information content (AvgIpc) is 3.03. The quantitative estimate of drug-likeness (QED) is 0.361. The summed E-state index contributed by atoms with van der Waals surface area (Å²) in [7, 11) is 0. The minimum absolute atomic E-state index is 0.510. The maximum Gasteiger partial charge on any atom is 0.231 e. The Hall–Kier alpha value is -4.35. The van der Waals surface area contributed by atoms with E-state index >= 15 is 0 Å². The molecule has 6 rings (SSSR count). The molecule has 11 heteroatoms. The summed E-state index contributed by atoms with van der Waals surface area (Å²) in [5.74, 6) is 1.79. The number of nitrogens with zero attached hydrogens (tertiary/aromatic N) is 8. The van der Waals surface area contributed by atoms with Gasteiger partial charge in [0.15, 0.2) is 0 Å². The van der Waals surface area contributed by atoms with Crippen molar-refractivity contribution in [2.45, 2.75) is 12.5 Å². The number of hydrogen-bond donors (Lipinski definition) is 2. The lowest BCUT2D eigenvalue weighted by Crippen LogP contribution is -2.47. The Bertz CT molecular complexity index is 1390. The third-order valence-electron chi connectivity index (χ3n) is 7.44. The molecule has 0 bridgehead atoms. The third-order valence-corrected chi connectivity index (χ3v) is 7.44. The predicted octanol–water partition coefficient (Wildman–Crippen LogP) is 2.82. The first-order valence-electron chi connectivity index (χ1n) is 13.6. The van der Waals surface area contributed by atoms with Gasteiger partial charge in [0.1, 0.15) is 11.9 Å². The SMILES string of the molecule is C[C@@](O)(c1ccccc1)c1cnc(N2CCN(c3ncnc(Nc4ccc(N5CCOCC5)cc4)n3)CC2)nc1. The molecule has 4 heterocycles. The van der Waals surface area contributed by atoms with Gasteiger partial charge < -0.3 is 29.9 Å². The summed E-state index contributed by atoms with van der Waals surface area (Å²) in [6.07, 6.45) is 4.96. The lowest BCUT2D eigenvalue weighted by molar-refractivity contribution is 0.101. The first-order valence-corrected chi connectivity index (χ1v) is 13.6. The molecule has 40 heavy (non-hydrogen) atoms. The fraction of sp³-hybridized carbons (Fsp3) is 0.345. The molecule has 0 saturated carbocycles. The molecular weight excluding hydrogens is 506 g/mol. The number of nitrogens with one attached hydrogen (secondary N) is 1. The van der Waals surface area contributed by atoms with E-state index in [1.54, 1.807) is 25.6 Å². The Morgan fingerprint density at radius 3 is 2.05 bits per heavy atom. The molecule has 2 fully saturated rings. The van der Waals surface area contributed by atoms with E-state index in [-0.39, 0.29) is 0 Å². The van der Waals surface area contributed by atoms with E-state index in [1.165, 1.54) is 5.69 Å². The van der Waals surface area contributed by atoms with Crippen molar-refractivity contribution in [3.8, 4) is 0 Å². The van der Waals surface area contributed by atoms with Crippen molar-refractivity contribution in [2.75, 3.05) is 72.5 Å². The Labute approximate surface area is 233 Å². The first-order chi connectivity index (χ1) is 19.6. The Morgan fingerprint density at radius 2 is 1.38 bits per heavy atom. The summed E-state index contributed by atoms with van der Waals surface area (Å²) in [6.45, 7) is 8.01. The Kier molecular flexibility index (Phi) is 7.39. The maximum absolute atomic E-state index is 11.1. The van der Waals surface area contributed by atoms with Crippen molar-refractivity contribution in [1.29, 1.82) is 0 Å². The van der Waals surface area contributed by atoms with Crippen LogP contribution in [-0.2, 0) is 10.3 Å². The van der Waals surface area contributed by atoms with Gasteiger partial charge in [0.05, 0.1) is 13.2 Å². The fourth-order valence-corrected chi connectivity index (χ4v) is 4.98. The molecule has 11 nitrogen and oxygen atoms in total. The van der Waals surface area contributed by atoms with Crippen LogP contribution < -0.4 is 20.0 Å². The lowest BCUT2D eigenvalue weighted by atomic mass is 9.90. The number of morpholine rings is 1. The van der Waals surface area contributed by atoms with Crippen LogP contribution >= 0.6 is 0 Å². The van der Waals surface area contributed by atoms with Gasteiger partial charge in [-0.15, -0.1) is 0 Å². The molecule has 2 saturated heterocycles. The smallest absolute Gasteiger partial charge is 0.231 e. The Balaban J connectivity index is 1.05. The van der Waals surface area contributed by atoms with Gasteiger partial charge in [0.2, 0.25) is 17.8 Å². The average molecular weight is 540 g/mol. The van der Waals surface area contributed by atoms with E-state index in [4.69, 9.17) is 4.74 Å². The van der Waals surface area contributed by atoms with Crippen molar-refractivity contribution >= 4 is 29.2 Å². The van der Waals surface area contributed by atoms with Gasteiger partial charge >= 0.3 is 0 Å². The zero-order valence-electron chi connectivity index (χ0n) is 22.5. The Morgan fingerprint density at radius 1 is 0.725 bits per heavy atom. The third kappa shape index (κ3) is 5.65. The van der Waals surface area contributed by atoms with E-state index < -0.39 is 5.60 Å². The number of piperazine rings is 1. The van der Waals surface area contributed by atoms with Crippen LogP contribution in [0.25, 0.3) is 0 Å². The molecule has 2 N–H and O–H groups in total. The number of aliphatic hydroxyl groups is 1. The standard InChI is InChI=1S/C29H33N9O2/c1-29(39,22-5-3-2-4-6-22)23-19-30-27(31-20-23)37-11-13-38(14-12-37)28-33-21-32-26(35-28)34-24-7-9-25(10-8-24)36-15-17-40-18-16-36/h2-10,19-21,39H,11-18H2,1H3,(H,32,33,34,35)/t29-/m1/s1. The highest BCUT2D eigenvalue weighted by Gasteiger charge is 2.27. The number of hydrogen-bond acceptors (Lipinski definition) is 11. The molecule has 2 aromatic heterocycles. The van der Waals surface area contributed by atoms with Gasteiger partial charge in [-0.05, 0) is 36.8 Å². The van der Waals surface area contributed by atoms with E-state index in [2.05, 4.69) is 57.1 Å². The number of anilines is 5. The van der Waals surface area contributed by atoms with E-state index in [0.29, 0.717) is 23.4 Å². The number of ether oxygens (including phenoxy) is 1. The van der Waals surface area contributed by atoms with Gasteiger partial charge in [0.25, 0.3) is 0 Å². The highest BCUT2D eigenvalue weighted by atomic mass is 16.5. The second-order valence-corrected chi connectivity index (χ2v) is 10.1. The fourth-order valence-electron chi connectivity index (χ4n) is 4.98. The molecule has 0 aliphatic carbocycles. The molecule has 0 spiro atoms. The number of aromatic nitrogens is 5. The van der Waals surface area contributed by atoms with Gasteiger partial charge in [-0.1, -0.05) is 30.3 Å². The van der Waals surface area contributed by atoms with Gasteiger partial charge in [-0.2, -0.15) is 4.98 Å². The summed E-state index contributed by atoms with van der Waals surface area (Å²) >= 11 is 0. The molecule has 4 aromatic rings. The van der Waals surface area contributed by atoms with Crippen LogP contribution in [0.2, 0.25) is 0 Å². The zero-order valence-corrected chi connectivity index (χ0v) is 22.5. The summed E-state index contributed by atoms with van der Waals surface area (Å²) in [5, 5.41) is 14.4. The van der Waals surface area contributed by atoms with Crippen molar-refractivity contribution < 1.29 is 9.84 Å². The summed E-state index contributed by atoms with van der Waals surface area (Å²) in [5.41, 5.74) is 2.40. The molecule has 206 valence electrons. The van der Waals surface area contributed by atoms with E-state index in [0.717, 1.165) is 63.7 Å². The zero-order chi connectivity index (χ0) is 27.4. The molecule has 2 aromatic carbocycles. The van der Waals surface area contributed by atoms with E-state index in [1.807, 2.05) is 42.5 Å². The topological polar surface area (TPSA) is 116 Å². The van der Waals surface area contributed by atoms with Crippen LogP contribution in [0.4, 0.5) is 29.2 Å². The van der Waals surface area contributed by atoms with Crippen molar-refractivity contribution in [3.63, 3.8) is 0 Å². The number of rotatable bonds is 7. The molecular formula is C29H33N9O2. The summed E-state index contributed by atoms with van der Waals surface area (Å²) in [4.78, 5) is 29.1. The van der Waals surface area contributed by atoms with Crippen LogP contribution in [0.1, 0.15) is 18.1 Å². The number of benzene rings is 2. The minimum Gasteiger partial charge on any atom is -0.381 e. The lowest BCUT2D eigenvalue weighted by Gasteiger charge is -2.34. The van der Waals surface area contributed by atoms with Gasteiger partial charge in [0, 0.05) is 68.6 Å². The van der Waals surface area contributed by atoms with Crippen molar-refractivity contribution in [1.82, 2.24) is 24.9 Å². The van der Waals surface area contributed by atoms with Crippen LogP contribution in [-0.4, -0.2) is 82.5 Å². The highest BCUT2D eigenvalue weighted by Crippen LogP contribution is 2.28. The van der Waals surface area contributed by atoms with Crippen LogP contribution in [0.5, 0.6) is 0 Å². The summed E-state index contributed by atoms with van der Waals surface area (Å²) < 4.78 is 5.45. The van der Waals surface area contributed by atoms with Gasteiger partial charge in [-0.25, -0.2) is 19.9 Å². The molecule has 0 unspecified atom stereocenters. The second-order valence-electron chi connectivity index (χ2n) is 10.1.